The van der Waals surface area contributed by atoms with Crippen LogP contribution in [0.5, 0.6) is 5.75 Å². The Morgan fingerprint density at radius 2 is 2.04 bits per heavy atom. The summed E-state index contributed by atoms with van der Waals surface area (Å²) in [7, 11) is 1.61. The molecule has 0 aliphatic heterocycles. The maximum absolute atomic E-state index is 12.5. The fourth-order valence-electron chi connectivity index (χ4n) is 2.76. The summed E-state index contributed by atoms with van der Waals surface area (Å²) in [4.78, 5) is 17.1. The lowest BCUT2D eigenvalue weighted by Gasteiger charge is -2.10. The van der Waals surface area contributed by atoms with Crippen LogP contribution in [0.25, 0.3) is 11.0 Å². The molecular weight excluding hydrogens is 302 g/mol. The molecule has 2 aromatic carbocycles. The van der Waals surface area contributed by atoms with Crippen molar-refractivity contribution in [3.8, 4) is 5.75 Å². The summed E-state index contributed by atoms with van der Waals surface area (Å²) in [6, 6.07) is 15.3. The van der Waals surface area contributed by atoms with E-state index >= 15 is 0 Å². The number of ether oxygens (including phenoxy) is 1. The van der Waals surface area contributed by atoms with Gasteiger partial charge in [0.2, 0.25) is 5.91 Å². The van der Waals surface area contributed by atoms with Gasteiger partial charge < -0.3 is 14.6 Å². The molecule has 0 bridgehead atoms. The number of rotatable bonds is 6. The number of para-hydroxylation sites is 2. The van der Waals surface area contributed by atoms with Gasteiger partial charge in [-0.25, -0.2) is 4.98 Å². The summed E-state index contributed by atoms with van der Waals surface area (Å²) >= 11 is 0. The second-order valence-corrected chi connectivity index (χ2v) is 5.63. The zero-order valence-corrected chi connectivity index (χ0v) is 14.0. The van der Waals surface area contributed by atoms with E-state index in [0.717, 1.165) is 35.4 Å². The zero-order valence-electron chi connectivity index (χ0n) is 14.0. The molecule has 0 aliphatic rings. The molecule has 0 saturated heterocycles. The second-order valence-electron chi connectivity index (χ2n) is 5.63. The van der Waals surface area contributed by atoms with Crippen LogP contribution in [-0.2, 0) is 17.8 Å². The summed E-state index contributed by atoms with van der Waals surface area (Å²) < 4.78 is 7.18. The fourth-order valence-corrected chi connectivity index (χ4v) is 2.76. The van der Waals surface area contributed by atoms with Gasteiger partial charge in [0.25, 0.3) is 0 Å². The van der Waals surface area contributed by atoms with Crippen LogP contribution in [0.2, 0.25) is 0 Å². The SMILES string of the molecule is CCCc1nc2ccccc2n1CC(=O)Nc1cccc(OC)c1. The van der Waals surface area contributed by atoms with E-state index in [1.807, 2.05) is 47.0 Å². The highest BCUT2D eigenvalue weighted by molar-refractivity contribution is 5.92. The van der Waals surface area contributed by atoms with Crippen LogP contribution in [0.1, 0.15) is 19.2 Å². The molecule has 0 saturated carbocycles. The minimum Gasteiger partial charge on any atom is -0.497 e. The third-order valence-corrected chi connectivity index (χ3v) is 3.86. The lowest BCUT2D eigenvalue weighted by atomic mass is 10.3. The van der Waals surface area contributed by atoms with Crippen LogP contribution in [0, 0.1) is 0 Å². The lowest BCUT2D eigenvalue weighted by molar-refractivity contribution is -0.116. The average Bonchev–Trinajstić information content (AvgIpc) is 2.93. The molecule has 1 N–H and O–H groups in total. The van der Waals surface area contributed by atoms with Crippen molar-refractivity contribution in [1.29, 1.82) is 0 Å². The predicted octanol–water partition coefficient (Wildman–Crippen LogP) is 3.64. The molecule has 5 heteroatoms. The summed E-state index contributed by atoms with van der Waals surface area (Å²) in [5.41, 5.74) is 2.64. The molecule has 1 aromatic heterocycles. The Morgan fingerprint density at radius 3 is 2.83 bits per heavy atom. The highest BCUT2D eigenvalue weighted by atomic mass is 16.5. The van der Waals surface area contributed by atoms with Crippen molar-refractivity contribution < 1.29 is 9.53 Å². The van der Waals surface area contributed by atoms with Crippen molar-refractivity contribution in [1.82, 2.24) is 9.55 Å². The van der Waals surface area contributed by atoms with Crippen molar-refractivity contribution in [3.63, 3.8) is 0 Å². The molecule has 5 nitrogen and oxygen atoms in total. The number of anilines is 1. The number of aromatic nitrogens is 2. The molecule has 0 atom stereocenters. The molecule has 1 heterocycles. The summed E-state index contributed by atoms with van der Waals surface area (Å²) in [6.45, 7) is 2.35. The van der Waals surface area contributed by atoms with Crippen molar-refractivity contribution in [2.45, 2.75) is 26.3 Å². The van der Waals surface area contributed by atoms with Crippen molar-refractivity contribution in [3.05, 3.63) is 54.4 Å². The van der Waals surface area contributed by atoms with E-state index in [1.165, 1.54) is 0 Å². The number of carbonyl (C=O) groups is 1. The number of nitrogens with one attached hydrogen (secondary N) is 1. The van der Waals surface area contributed by atoms with Crippen molar-refractivity contribution >= 4 is 22.6 Å². The number of methoxy groups -OCH3 is 1. The molecule has 124 valence electrons. The standard InChI is InChI=1S/C19H21N3O2/c1-3-7-18-21-16-10-4-5-11-17(16)22(18)13-19(23)20-14-8-6-9-15(12-14)24-2/h4-6,8-12H,3,7,13H2,1-2H3,(H,20,23). The minimum absolute atomic E-state index is 0.0799. The number of hydrogen-bond donors (Lipinski definition) is 1. The van der Waals surface area contributed by atoms with Gasteiger partial charge in [-0.15, -0.1) is 0 Å². The first-order valence-corrected chi connectivity index (χ1v) is 8.09. The Bertz CT molecular complexity index is 855. The first-order valence-electron chi connectivity index (χ1n) is 8.09. The molecule has 3 rings (SSSR count). The molecule has 0 unspecified atom stereocenters. The molecule has 3 aromatic rings. The minimum atomic E-state index is -0.0799. The Labute approximate surface area is 141 Å². The average molecular weight is 323 g/mol. The number of imidazole rings is 1. The highest BCUT2D eigenvalue weighted by Gasteiger charge is 2.13. The van der Waals surface area contributed by atoms with E-state index in [0.29, 0.717) is 5.75 Å². The van der Waals surface area contributed by atoms with Gasteiger partial charge in [-0.3, -0.25) is 4.79 Å². The topological polar surface area (TPSA) is 56.2 Å². The monoisotopic (exact) mass is 323 g/mol. The summed E-state index contributed by atoms with van der Waals surface area (Å²) in [6.07, 6.45) is 1.84. The largest absolute Gasteiger partial charge is 0.497 e. The van der Waals surface area contributed by atoms with Gasteiger partial charge in [-0.2, -0.15) is 0 Å². The fraction of sp³-hybridized carbons (Fsp3) is 0.263. The van der Waals surface area contributed by atoms with Crippen molar-refractivity contribution in [2.75, 3.05) is 12.4 Å². The lowest BCUT2D eigenvalue weighted by Crippen LogP contribution is -2.20. The molecule has 0 aliphatic carbocycles. The van der Waals surface area contributed by atoms with Crippen LogP contribution in [-0.4, -0.2) is 22.6 Å². The molecule has 0 radical (unpaired) electrons. The maximum Gasteiger partial charge on any atom is 0.244 e. The first-order chi connectivity index (χ1) is 11.7. The Kier molecular flexibility index (Phi) is 4.79. The highest BCUT2D eigenvalue weighted by Crippen LogP contribution is 2.19. The van der Waals surface area contributed by atoms with Gasteiger partial charge in [-0.05, 0) is 30.7 Å². The van der Waals surface area contributed by atoms with E-state index < -0.39 is 0 Å². The van der Waals surface area contributed by atoms with Gasteiger partial charge in [-0.1, -0.05) is 25.1 Å². The van der Waals surface area contributed by atoms with E-state index in [9.17, 15) is 4.79 Å². The van der Waals surface area contributed by atoms with E-state index in [4.69, 9.17) is 4.74 Å². The number of carbonyl (C=O) groups excluding carboxylic acids is 1. The van der Waals surface area contributed by atoms with Gasteiger partial charge in [0.05, 0.1) is 18.1 Å². The van der Waals surface area contributed by atoms with Gasteiger partial charge in [0, 0.05) is 18.2 Å². The van der Waals surface area contributed by atoms with Gasteiger partial charge >= 0.3 is 0 Å². The molecule has 0 spiro atoms. The van der Waals surface area contributed by atoms with E-state index in [-0.39, 0.29) is 12.5 Å². The Balaban J connectivity index is 1.83. The number of amides is 1. The van der Waals surface area contributed by atoms with E-state index in [1.54, 1.807) is 13.2 Å². The smallest absolute Gasteiger partial charge is 0.244 e. The summed E-state index contributed by atoms with van der Waals surface area (Å²) in [5.74, 6) is 1.58. The number of benzene rings is 2. The number of hydrogen-bond acceptors (Lipinski definition) is 3. The number of nitrogens with zero attached hydrogens (tertiary/aromatic N) is 2. The Morgan fingerprint density at radius 1 is 1.21 bits per heavy atom. The van der Waals surface area contributed by atoms with Crippen LogP contribution in [0.3, 0.4) is 0 Å². The normalized spacial score (nSPS) is 10.8. The van der Waals surface area contributed by atoms with Gasteiger partial charge in [0.15, 0.2) is 0 Å². The van der Waals surface area contributed by atoms with Crippen LogP contribution in [0.4, 0.5) is 5.69 Å². The molecule has 24 heavy (non-hydrogen) atoms. The number of aryl methyl sites for hydroxylation is 1. The number of fused-ring (bicyclic) bond motifs is 1. The quantitative estimate of drug-likeness (QED) is 0.753. The third-order valence-electron chi connectivity index (χ3n) is 3.86. The third kappa shape index (κ3) is 3.40. The van der Waals surface area contributed by atoms with Crippen LogP contribution >= 0.6 is 0 Å². The van der Waals surface area contributed by atoms with Crippen molar-refractivity contribution in [2.24, 2.45) is 0 Å². The van der Waals surface area contributed by atoms with Gasteiger partial charge in [0.1, 0.15) is 18.1 Å². The second kappa shape index (κ2) is 7.17. The summed E-state index contributed by atoms with van der Waals surface area (Å²) in [5, 5.41) is 2.92. The first kappa shape index (κ1) is 16.1. The Hall–Kier alpha value is -2.82. The zero-order chi connectivity index (χ0) is 16.9. The maximum atomic E-state index is 12.5. The molecular formula is C19H21N3O2. The van der Waals surface area contributed by atoms with Crippen LogP contribution in [0.15, 0.2) is 48.5 Å². The van der Waals surface area contributed by atoms with Crippen LogP contribution < -0.4 is 10.1 Å². The molecule has 1 amide bonds. The van der Waals surface area contributed by atoms with E-state index in [2.05, 4.69) is 17.2 Å². The molecule has 0 fully saturated rings. The predicted molar refractivity (Wildman–Crippen MR) is 95.4 cm³/mol.